The highest BCUT2D eigenvalue weighted by atomic mass is 16.6. The van der Waals surface area contributed by atoms with Gasteiger partial charge in [0, 0.05) is 17.0 Å². The third-order valence-electron chi connectivity index (χ3n) is 4.12. The number of hydrogen-bond acceptors (Lipinski definition) is 8. The molecule has 26 heavy (non-hydrogen) atoms. The Hall–Kier alpha value is -3.69. The molecule has 0 spiro atoms. The number of esters is 2. The number of rotatable bonds is 4. The van der Waals surface area contributed by atoms with Gasteiger partial charge in [0.25, 0.3) is 0 Å². The smallest absolute Gasteiger partial charge is 0.336 e. The van der Waals surface area contributed by atoms with Crippen LogP contribution < -0.4 is 10.4 Å². The molecule has 0 aliphatic carbocycles. The number of methoxy groups -OCH3 is 1. The van der Waals surface area contributed by atoms with Gasteiger partial charge in [0.15, 0.2) is 5.92 Å². The fraction of sp³-hybridized carbons (Fsp3) is 0.188. The number of benzene rings is 1. The van der Waals surface area contributed by atoms with Crippen LogP contribution in [-0.4, -0.2) is 41.2 Å². The zero-order chi connectivity index (χ0) is 19.2. The molecule has 1 aromatic carbocycles. The van der Waals surface area contributed by atoms with Gasteiger partial charge in [-0.2, -0.15) is 0 Å². The number of ether oxygens (including phenoxy) is 2. The zero-order valence-corrected chi connectivity index (χ0v) is 13.0. The Morgan fingerprint density at radius 3 is 2.31 bits per heavy atom. The first-order valence-corrected chi connectivity index (χ1v) is 7.08. The van der Waals surface area contributed by atoms with E-state index in [0.717, 1.165) is 13.2 Å². The minimum atomic E-state index is -2.80. The van der Waals surface area contributed by atoms with Crippen molar-refractivity contribution < 1.29 is 43.3 Å². The van der Waals surface area contributed by atoms with E-state index in [4.69, 9.17) is 9.15 Å². The topological polar surface area (TPSA) is 157 Å². The van der Waals surface area contributed by atoms with Crippen LogP contribution in [0.5, 0.6) is 5.75 Å². The van der Waals surface area contributed by atoms with Crippen LogP contribution in [0.25, 0.3) is 11.0 Å². The maximum absolute atomic E-state index is 12.6. The number of fused-ring (bicyclic) bond motifs is 3. The first-order chi connectivity index (χ1) is 12.2. The lowest BCUT2D eigenvalue weighted by Crippen LogP contribution is -2.54. The number of carboxylic acids is 2. The van der Waals surface area contributed by atoms with E-state index in [2.05, 4.69) is 4.74 Å². The van der Waals surface area contributed by atoms with E-state index in [-0.39, 0.29) is 22.3 Å². The van der Waals surface area contributed by atoms with Crippen LogP contribution in [0.4, 0.5) is 0 Å². The molecule has 134 valence electrons. The van der Waals surface area contributed by atoms with Gasteiger partial charge in [0.05, 0.1) is 7.11 Å². The van der Waals surface area contributed by atoms with Gasteiger partial charge in [-0.1, -0.05) is 0 Å². The summed E-state index contributed by atoms with van der Waals surface area (Å²) in [5.74, 6) is -9.47. The molecule has 0 amide bonds. The molecule has 1 atom stereocenters. The summed E-state index contributed by atoms with van der Waals surface area (Å²) in [5.41, 5.74) is -3.97. The van der Waals surface area contributed by atoms with Gasteiger partial charge in [-0.3, -0.25) is 14.4 Å². The third-order valence-corrected chi connectivity index (χ3v) is 4.12. The van der Waals surface area contributed by atoms with Crippen molar-refractivity contribution in [1.29, 1.82) is 0 Å². The van der Waals surface area contributed by atoms with Gasteiger partial charge in [-0.25, -0.2) is 9.59 Å². The van der Waals surface area contributed by atoms with Crippen LogP contribution in [-0.2, 0) is 29.3 Å². The minimum absolute atomic E-state index is 0.0224. The molecule has 3 rings (SSSR count). The predicted molar refractivity (Wildman–Crippen MR) is 80.6 cm³/mol. The molecule has 1 aliphatic heterocycles. The maximum Gasteiger partial charge on any atom is 0.336 e. The van der Waals surface area contributed by atoms with Crippen LogP contribution in [0, 0.1) is 5.92 Å². The Morgan fingerprint density at radius 2 is 1.73 bits per heavy atom. The van der Waals surface area contributed by atoms with Crippen LogP contribution in [0.2, 0.25) is 0 Å². The fourth-order valence-corrected chi connectivity index (χ4v) is 3.11. The molecule has 0 fully saturated rings. The van der Waals surface area contributed by atoms with Crippen molar-refractivity contribution in [1.82, 2.24) is 0 Å². The van der Waals surface area contributed by atoms with E-state index in [1.54, 1.807) is 0 Å². The Labute approximate surface area is 143 Å². The highest BCUT2D eigenvalue weighted by Gasteiger charge is 2.67. The second-order valence-electron chi connectivity index (χ2n) is 5.40. The number of aliphatic carboxylic acids is 2. The molecule has 0 bridgehead atoms. The second-order valence-corrected chi connectivity index (χ2v) is 5.40. The molecule has 2 heterocycles. The summed E-state index contributed by atoms with van der Waals surface area (Å²) in [6.45, 7) is 0. The first-order valence-electron chi connectivity index (χ1n) is 7.08. The Balaban J connectivity index is 2.50. The molecule has 1 unspecified atom stereocenters. The fourth-order valence-electron chi connectivity index (χ4n) is 3.11. The molecule has 2 aromatic rings. The van der Waals surface area contributed by atoms with Crippen LogP contribution >= 0.6 is 0 Å². The molecule has 2 N–H and O–H groups in total. The summed E-state index contributed by atoms with van der Waals surface area (Å²) in [6.07, 6.45) is 0. The van der Waals surface area contributed by atoms with Crippen molar-refractivity contribution in [2.24, 2.45) is 5.92 Å². The van der Waals surface area contributed by atoms with Crippen molar-refractivity contribution in [3.63, 3.8) is 0 Å². The first kappa shape index (κ1) is 17.1. The summed E-state index contributed by atoms with van der Waals surface area (Å²) in [6, 6.07) is 4.60. The van der Waals surface area contributed by atoms with E-state index in [1.807, 2.05) is 0 Å². The standard InChI is InChI=1S/C16H10O10/c1-24-14(22)16(11(12(18)19)13(20)21)10-6-2-5-9(17)25-7(6)3-4-8(10)26-15(16)23/h2-5,11H,1H3,(H,18,19)(H,20,21). The molecule has 1 aromatic heterocycles. The highest BCUT2D eigenvalue weighted by Crippen LogP contribution is 2.49. The largest absolute Gasteiger partial charge is 0.481 e. The molecule has 0 saturated heterocycles. The van der Waals surface area contributed by atoms with Crippen LogP contribution in [0.3, 0.4) is 0 Å². The quantitative estimate of drug-likeness (QED) is 0.326. The zero-order valence-electron chi connectivity index (χ0n) is 13.0. The molecular weight excluding hydrogens is 352 g/mol. The lowest BCUT2D eigenvalue weighted by Gasteiger charge is -2.27. The van der Waals surface area contributed by atoms with E-state index < -0.39 is 40.8 Å². The summed E-state index contributed by atoms with van der Waals surface area (Å²) in [7, 11) is 0.876. The molecule has 10 heteroatoms. The van der Waals surface area contributed by atoms with Crippen molar-refractivity contribution in [3.05, 3.63) is 40.2 Å². The SMILES string of the molecule is COC(=O)C1(C(C(=O)O)C(=O)O)C(=O)Oc2ccc3oc(=O)ccc3c21. The van der Waals surface area contributed by atoms with E-state index in [1.165, 1.54) is 18.2 Å². The summed E-state index contributed by atoms with van der Waals surface area (Å²) < 4.78 is 14.5. The summed E-state index contributed by atoms with van der Waals surface area (Å²) >= 11 is 0. The number of carbonyl (C=O) groups excluding carboxylic acids is 2. The Kier molecular flexibility index (Phi) is 3.75. The third kappa shape index (κ3) is 2.08. The molecule has 0 radical (unpaired) electrons. The minimum Gasteiger partial charge on any atom is -0.481 e. The lowest BCUT2D eigenvalue weighted by atomic mass is 9.69. The molecule has 0 saturated carbocycles. The molecule has 10 nitrogen and oxygen atoms in total. The van der Waals surface area contributed by atoms with Crippen molar-refractivity contribution in [3.8, 4) is 5.75 Å². The lowest BCUT2D eigenvalue weighted by molar-refractivity contribution is -0.173. The van der Waals surface area contributed by atoms with Gasteiger partial charge in [-0.05, 0) is 18.2 Å². The van der Waals surface area contributed by atoms with Crippen molar-refractivity contribution in [2.75, 3.05) is 7.11 Å². The summed E-state index contributed by atoms with van der Waals surface area (Å²) in [5, 5.41) is 18.8. The molecular formula is C16H10O10. The van der Waals surface area contributed by atoms with Crippen LogP contribution in [0.1, 0.15) is 5.56 Å². The normalized spacial score (nSPS) is 18.5. The van der Waals surface area contributed by atoms with Crippen molar-refractivity contribution in [2.45, 2.75) is 5.41 Å². The predicted octanol–water partition coefficient (Wildman–Crippen LogP) is -0.0918. The van der Waals surface area contributed by atoms with E-state index in [9.17, 15) is 34.2 Å². The number of carboxylic acid groups (broad SMARTS) is 2. The summed E-state index contributed by atoms with van der Waals surface area (Å²) in [4.78, 5) is 59.8. The average Bonchev–Trinajstić information content (AvgIpc) is 2.86. The van der Waals surface area contributed by atoms with Gasteiger partial charge >= 0.3 is 29.5 Å². The number of hydrogen-bond donors (Lipinski definition) is 2. The van der Waals surface area contributed by atoms with E-state index in [0.29, 0.717) is 0 Å². The van der Waals surface area contributed by atoms with Gasteiger partial charge < -0.3 is 24.1 Å². The Bertz CT molecular complexity index is 1010. The highest BCUT2D eigenvalue weighted by molar-refractivity contribution is 6.20. The van der Waals surface area contributed by atoms with Gasteiger partial charge in [0.1, 0.15) is 11.3 Å². The molecule has 1 aliphatic rings. The monoisotopic (exact) mass is 362 g/mol. The van der Waals surface area contributed by atoms with Gasteiger partial charge in [0.2, 0.25) is 5.41 Å². The maximum atomic E-state index is 12.6. The van der Waals surface area contributed by atoms with Gasteiger partial charge in [-0.15, -0.1) is 0 Å². The Morgan fingerprint density at radius 1 is 1.08 bits per heavy atom. The van der Waals surface area contributed by atoms with E-state index >= 15 is 0 Å². The number of carbonyl (C=O) groups is 4. The second kappa shape index (κ2) is 5.69. The van der Waals surface area contributed by atoms with Crippen molar-refractivity contribution >= 4 is 34.8 Å². The average molecular weight is 362 g/mol. The van der Waals surface area contributed by atoms with Crippen LogP contribution in [0.15, 0.2) is 33.5 Å².